The molecule has 0 unspecified atom stereocenters. The van der Waals surface area contributed by atoms with Crippen molar-refractivity contribution in [2.75, 3.05) is 31.9 Å². The van der Waals surface area contributed by atoms with E-state index in [1.54, 1.807) is 0 Å². The Bertz CT molecular complexity index is 588. The summed E-state index contributed by atoms with van der Waals surface area (Å²) >= 11 is 0. The Morgan fingerprint density at radius 2 is 2.00 bits per heavy atom. The number of anilines is 1. The van der Waals surface area contributed by atoms with Gasteiger partial charge in [-0.15, -0.1) is 0 Å². The second-order valence-corrected chi connectivity index (χ2v) is 5.48. The van der Waals surface area contributed by atoms with Gasteiger partial charge in [-0.05, 0) is 18.2 Å². The fraction of sp³-hybridized carbons (Fsp3) is 0.500. The van der Waals surface area contributed by atoms with Gasteiger partial charge in [-0.2, -0.15) is 13.2 Å². The van der Waals surface area contributed by atoms with Gasteiger partial charge in [0.25, 0.3) is 11.8 Å². The van der Waals surface area contributed by atoms with Gasteiger partial charge in [-0.1, -0.05) is 0 Å². The predicted octanol–water partition coefficient (Wildman–Crippen LogP) is 2.36. The molecular weight excluding hydrogens is 321 g/mol. The molecule has 1 fully saturated rings. The molecule has 1 saturated heterocycles. The number of hydrogen-bond donors (Lipinski definition) is 2. The summed E-state index contributed by atoms with van der Waals surface area (Å²) in [6.45, 7) is 0.111. The molecule has 4 nitrogen and oxygen atoms in total. The van der Waals surface area contributed by atoms with Crippen molar-refractivity contribution in [2.24, 2.45) is 0 Å². The average Bonchev–Trinajstić information content (AvgIpc) is 2.76. The molecule has 0 spiro atoms. The van der Waals surface area contributed by atoms with E-state index in [0.29, 0.717) is 6.07 Å². The molecule has 1 aromatic rings. The van der Waals surface area contributed by atoms with Gasteiger partial charge in [0.15, 0.2) is 0 Å². The van der Waals surface area contributed by atoms with Crippen LogP contribution in [0.3, 0.4) is 0 Å². The molecule has 0 radical (unpaired) electrons. The van der Waals surface area contributed by atoms with Gasteiger partial charge in [0, 0.05) is 37.3 Å². The minimum atomic E-state index is -4.61. The normalized spacial score (nSPS) is 18.1. The number of hydrogen-bond acceptors (Lipinski definition) is 3. The SMILES string of the molecule is Nc1cc(C(=O)NCCN2CCC(F)(F)C2)cc(C(F)(F)F)c1. The predicted molar refractivity (Wildman–Crippen MR) is 74.2 cm³/mol. The maximum Gasteiger partial charge on any atom is 0.416 e. The number of likely N-dealkylation sites (tertiary alicyclic amines) is 1. The first-order chi connectivity index (χ1) is 10.6. The highest BCUT2D eigenvalue weighted by Crippen LogP contribution is 2.31. The molecule has 1 aliphatic heterocycles. The molecular formula is C14H16F5N3O. The van der Waals surface area contributed by atoms with Crippen molar-refractivity contribution in [3.8, 4) is 0 Å². The van der Waals surface area contributed by atoms with Crippen LogP contribution in [0.1, 0.15) is 22.3 Å². The van der Waals surface area contributed by atoms with Crippen LogP contribution in [0.4, 0.5) is 27.6 Å². The van der Waals surface area contributed by atoms with Crippen LogP contribution >= 0.6 is 0 Å². The van der Waals surface area contributed by atoms with E-state index in [0.717, 1.165) is 12.1 Å². The van der Waals surface area contributed by atoms with Crippen LogP contribution in [0, 0.1) is 0 Å². The lowest BCUT2D eigenvalue weighted by molar-refractivity contribution is -0.137. The molecule has 3 N–H and O–H groups in total. The van der Waals surface area contributed by atoms with E-state index in [1.807, 2.05) is 0 Å². The minimum Gasteiger partial charge on any atom is -0.399 e. The number of carbonyl (C=O) groups is 1. The van der Waals surface area contributed by atoms with Crippen LogP contribution in [-0.4, -0.2) is 42.9 Å². The third kappa shape index (κ3) is 4.78. The second kappa shape index (κ2) is 6.31. The van der Waals surface area contributed by atoms with E-state index < -0.39 is 23.6 Å². The molecule has 1 aromatic carbocycles. The van der Waals surface area contributed by atoms with Crippen molar-refractivity contribution in [1.29, 1.82) is 0 Å². The number of nitrogen functional groups attached to an aromatic ring is 1. The lowest BCUT2D eigenvalue weighted by atomic mass is 10.1. The molecule has 0 saturated carbocycles. The smallest absolute Gasteiger partial charge is 0.399 e. The van der Waals surface area contributed by atoms with Crippen molar-refractivity contribution >= 4 is 11.6 Å². The quantitative estimate of drug-likeness (QED) is 0.655. The Morgan fingerprint density at radius 3 is 2.57 bits per heavy atom. The summed E-state index contributed by atoms with van der Waals surface area (Å²) in [5, 5.41) is 2.41. The van der Waals surface area contributed by atoms with Gasteiger partial charge >= 0.3 is 6.18 Å². The molecule has 1 heterocycles. The standard InChI is InChI=1S/C14H16F5N3O/c15-13(16)1-3-22(8-13)4-2-21-12(23)9-5-10(14(17,18)19)7-11(20)6-9/h5-7H,1-4,8,20H2,(H,21,23). The van der Waals surface area contributed by atoms with Crippen LogP contribution in [-0.2, 0) is 6.18 Å². The maximum absolute atomic E-state index is 13.0. The van der Waals surface area contributed by atoms with E-state index in [9.17, 15) is 26.7 Å². The van der Waals surface area contributed by atoms with Gasteiger partial charge in [0.1, 0.15) is 0 Å². The highest BCUT2D eigenvalue weighted by atomic mass is 19.4. The van der Waals surface area contributed by atoms with Crippen LogP contribution in [0.15, 0.2) is 18.2 Å². The number of rotatable bonds is 4. The number of benzene rings is 1. The van der Waals surface area contributed by atoms with Crippen molar-refractivity contribution < 1.29 is 26.7 Å². The van der Waals surface area contributed by atoms with Crippen molar-refractivity contribution in [3.05, 3.63) is 29.3 Å². The number of nitrogens with zero attached hydrogens (tertiary/aromatic N) is 1. The van der Waals surface area contributed by atoms with E-state index in [2.05, 4.69) is 5.32 Å². The number of nitrogens with one attached hydrogen (secondary N) is 1. The highest BCUT2D eigenvalue weighted by molar-refractivity contribution is 5.95. The molecule has 128 valence electrons. The third-order valence-electron chi connectivity index (χ3n) is 3.51. The van der Waals surface area contributed by atoms with Crippen molar-refractivity contribution in [1.82, 2.24) is 10.2 Å². The number of nitrogens with two attached hydrogens (primary N) is 1. The first kappa shape index (κ1) is 17.5. The lowest BCUT2D eigenvalue weighted by Gasteiger charge is -2.16. The summed E-state index contributed by atoms with van der Waals surface area (Å²) in [7, 11) is 0. The Labute approximate surface area is 129 Å². The first-order valence-electron chi connectivity index (χ1n) is 6.93. The summed E-state index contributed by atoms with van der Waals surface area (Å²) < 4.78 is 64.0. The summed E-state index contributed by atoms with van der Waals surface area (Å²) in [6, 6.07) is 2.58. The topological polar surface area (TPSA) is 58.4 Å². The summed E-state index contributed by atoms with van der Waals surface area (Å²) in [5.41, 5.74) is 3.97. The summed E-state index contributed by atoms with van der Waals surface area (Å²) in [4.78, 5) is 13.4. The average molecular weight is 337 g/mol. The molecule has 0 atom stereocenters. The van der Waals surface area contributed by atoms with E-state index in [-0.39, 0.29) is 43.9 Å². The zero-order valence-corrected chi connectivity index (χ0v) is 12.1. The zero-order valence-electron chi connectivity index (χ0n) is 12.1. The number of carbonyl (C=O) groups excluding carboxylic acids is 1. The lowest BCUT2D eigenvalue weighted by Crippen LogP contribution is -2.35. The minimum absolute atomic E-state index is 0.0606. The van der Waals surface area contributed by atoms with Crippen LogP contribution in [0.5, 0.6) is 0 Å². The van der Waals surface area contributed by atoms with Gasteiger partial charge in [0.05, 0.1) is 12.1 Å². The Hall–Kier alpha value is -1.90. The molecule has 1 amide bonds. The highest BCUT2D eigenvalue weighted by Gasteiger charge is 2.37. The fourth-order valence-electron chi connectivity index (χ4n) is 2.37. The fourth-order valence-corrected chi connectivity index (χ4v) is 2.37. The molecule has 0 bridgehead atoms. The number of amides is 1. The van der Waals surface area contributed by atoms with Gasteiger partial charge in [-0.3, -0.25) is 9.69 Å². The van der Waals surface area contributed by atoms with Gasteiger partial charge < -0.3 is 11.1 Å². The largest absolute Gasteiger partial charge is 0.416 e. The Morgan fingerprint density at radius 1 is 1.30 bits per heavy atom. The van der Waals surface area contributed by atoms with Crippen LogP contribution in [0.2, 0.25) is 0 Å². The molecule has 23 heavy (non-hydrogen) atoms. The van der Waals surface area contributed by atoms with Crippen molar-refractivity contribution in [3.63, 3.8) is 0 Å². The molecule has 0 aliphatic carbocycles. The van der Waals surface area contributed by atoms with E-state index >= 15 is 0 Å². The Balaban J connectivity index is 1.92. The number of alkyl halides is 5. The van der Waals surface area contributed by atoms with E-state index in [4.69, 9.17) is 5.73 Å². The molecule has 1 aliphatic rings. The maximum atomic E-state index is 13.0. The summed E-state index contributed by atoms with van der Waals surface area (Å²) in [5.74, 6) is -3.45. The van der Waals surface area contributed by atoms with Crippen LogP contribution in [0.25, 0.3) is 0 Å². The van der Waals surface area contributed by atoms with Crippen LogP contribution < -0.4 is 11.1 Å². The Kier molecular flexibility index (Phi) is 4.79. The molecule has 9 heteroatoms. The third-order valence-corrected chi connectivity index (χ3v) is 3.51. The molecule has 2 rings (SSSR count). The van der Waals surface area contributed by atoms with Gasteiger partial charge in [0.2, 0.25) is 0 Å². The van der Waals surface area contributed by atoms with E-state index in [1.165, 1.54) is 4.90 Å². The molecule has 0 aromatic heterocycles. The monoisotopic (exact) mass is 337 g/mol. The summed E-state index contributed by atoms with van der Waals surface area (Å²) in [6.07, 6.45) is -4.84. The zero-order chi connectivity index (χ0) is 17.3. The van der Waals surface area contributed by atoms with Crippen molar-refractivity contribution in [2.45, 2.75) is 18.5 Å². The van der Waals surface area contributed by atoms with Gasteiger partial charge in [-0.25, -0.2) is 8.78 Å². The number of halogens is 5. The first-order valence-corrected chi connectivity index (χ1v) is 6.93. The second-order valence-electron chi connectivity index (χ2n) is 5.48.